The molecule has 0 aliphatic heterocycles. The van der Waals surface area contributed by atoms with E-state index in [1.165, 1.54) is 6.20 Å². The lowest BCUT2D eigenvalue weighted by Gasteiger charge is -2.10. The minimum atomic E-state index is -0.284. The Kier molecular flexibility index (Phi) is 6.17. The molecule has 0 aliphatic carbocycles. The van der Waals surface area contributed by atoms with Gasteiger partial charge in [-0.05, 0) is 34.5 Å². The van der Waals surface area contributed by atoms with Gasteiger partial charge in [-0.15, -0.1) is 0 Å². The van der Waals surface area contributed by atoms with Gasteiger partial charge in [-0.2, -0.15) is 5.10 Å². The van der Waals surface area contributed by atoms with Gasteiger partial charge in [-0.1, -0.05) is 70.0 Å². The lowest BCUT2D eigenvalue weighted by Crippen LogP contribution is -2.28. The molecule has 0 fully saturated rings. The van der Waals surface area contributed by atoms with E-state index in [9.17, 15) is 9.59 Å². The van der Waals surface area contributed by atoms with Crippen molar-refractivity contribution in [3.05, 3.63) is 104 Å². The van der Waals surface area contributed by atoms with Crippen LogP contribution in [0.1, 0.15) is 15.9 Å². The van der Waals surface area contributed by atoms with Crippen LogP contribution >= 0.6 is 27.5 Å². The smallest absolute Gasteiger partial charge is 0.264 e. The SMILES string of the molecule is O=C(NCCn1ncc2c(=O)n(Cc3cccc4ccccc34)cnc21)c1cc(Br)ccc1Cl. The second-order valence-corrected chi connectivity index (χ2v) is 9.12. The third-order valence-corrected chi connectivity index (χ3v) is 6.45. The summed E-state index contributed by atoms with van der Waals surface area (Å²) in [6, 6.07) is 19.2. The first-order valence-corrected chi connectivity index (χ1v) is 11.8. The Labute approximate surface area is 208 Å². The van der Waals surface area contributed by atoms with E-state index in [0.717, 1.165) is 20.8 Å². The summed E-state index contributed by atoms with van der Waals surface area (Å²) in [5, 5.41) is 10.2. The Morgan fingerprint density at radius 3 is 2.76 bits per heavy atom. The average molecular weight is 537 g/mol. The molecule has 7 nitrogen and oxygen atoms in total. The molecule has 0 radical (unpaired) electrons. The van der Waals surface area contributed by atoms with E-state index in [-0.39, 0.29) is 11.5 Å². The van der Waals surface area contributed by atoms with Crippen LogP contribution in [0.5, 0.6) is 0 Å². The largest absolute Gasteiger partial charge is 0.350 e. The Bertz CT molecular complexity index is 1590. The van der Waals surface area contributed by atoms with Gasteiger partial charge < -0.3 is 5.32 Å². The summed E-state index contributed by atoms with van der Waals surface area (Å²) in [5.74, 6) is -0.284. The Morgan fingerprint density at radius 2 is 1.88 bits per heavy atom. The molecule has 1 N–H and O–H groups in total. The molecule has 1 amide bonds. The van der Waals surface area contributed by atoms with Crippen molar-refractivity contribution in [3.63, 3.8) is 0 Å². The molecule has 9 heteroatoms. The highest BCUT2D eigenvalue weighted by Crippen LogP contribution is 2.21. The molecule has 5 rings (SSSR count). The molecule has 3 aromatic carbocycles. The fourth-order valence-electron chi connectivity index (χ4n) is 3.93. The number of halogens is 2. The molecular weight excluding hydrogens is 518 g/mol. The van der Waals surface area contributed by atoms with Crippen LogP contribution in [0.4, 0.5) is 0 Å². The molecule has 0 atom stereocenters. The third-order valence-electron chi connectivity index (χ3n) is 5.63. The van der Waals surface area contributed by atoms with E-state index in [0.29, 0.717) is 41.3 Å². The van der Waals surface area contributed by atoms with Gasteiger partial charge in [-0.25, -0.2) is 9.67 Å². The first-order chi connectivity index (χ1) is 16.5. The molecule has 34 heavy (non-hydrogen) atoms. The van der Waals surface area contributed by atoms with Crippen molar-refractivity contribution in [1.29, 1.82) is 0 Å². The van der Waals surface area contributed by atoms with Crippen LogP contribution in [0, 0.1) is 0 Å². The van der Waals surface area contributed by atoms with Gasteiger partial charge in [0.25, 0.3) is 11.5 Å². The van der Waals surface area contributed by atoms with Gasteiger partial charge >= 0.3 is 0 Å². The summed E-state index contributed by atoms with van der Waals surface area (Å²) in [6.07, 6.45) is 3.07. The predicted molar refractivity (Wildman–Crippen MR) is 136 cm³/mol. The number of carbonyl (C=O) groups is 1. The van der Waals surface area contributed by atoms with Crippen LogP contribution < -0.4 is 10.9 Å². The highest BCUT2D eigenvalue weighted by molar-refractivity contribution is 9.10. The highest BCUT2D eigenvalue weighted by atomic mass is 79.9. The maximum Gasteiger partial charge on any atom is 0.264 e. The molecule has 0 saturated carbocycles. The lowest BCUT2D eigenvalue weighted by atomic mass is 10.0. The van der Waals surface area contributed by atoms with E-state index >= 15 is 0 Å². The molecular formula is C25H19BrClN5O2. The van der Waals surface area contributed by atoms with Crippen LogP contribution in [0.2, 0.25) is 5.02 Å². The van der Waals surface area contributed by atoms with Crippen LogP contribution in [0.15, 0.2) is 82.5 Å². The van der Waals surface area contributed by atoms with Gasteiger partial charge in [0.2, 0.25) is 0 Å². The summed E-state index contributed by atoms with van der Waals surface area (Å²) in [4.78, 5) is 30.0. The van der Waals surface area contributed by atoms with E-state index in [2.05, 4.69) is 49.5 Å². The molecule has 2 aromatic heterocycles. The van der Waals surface area contributed by atoms with Crippen molar-refractivity contribution in [1.82, 2.24) is 24.6 Å². The van der Waals surface area contributed by atoms with Crippen molar-refractivity contribution in [3.8, 4) is 0 Å². The zero-order chi connectivity index (χ0) is 23.7. The topological polar surface area (TPSA) is 81.8 Å². The minimum Gasteiger partial charge on any atom is -0.350 e. The third kappa shape index (κ3) is 4.34. The Balaban J connectivity index is 1.33. The molecule has 0 bridgehead atoms. The molecule has 170 valence electrons. The quantitative estimate of drug-likeness (QED) is 0.343. The molecule has 0 spiro atoms. The second-order valence-electron chi connectivity index (χ2n) is 7.80. The van der Waals surface area contributed by atoms with Crippen LogP contribution in [-0.4, -0.2) is 31.8 Å². The van der Waals surface area contributed by atoms with Gasteiger partial charge in [-0.3, -0.25) is 14.2 Å². The van der Waals surface area contributed by atoms with Crippen LogP contribution in [0.25, 0.3) is 21.8 Å². The number of hydrogen-bond acceptors (Lipinski definition) is 4. The van der Waals surface area contributed by atoms with E-state index < -0.39 is 0 Å². The first-order valence-electron chi connectivity index (χ1n) is 10.6. The standard InChI is InChI=1S/C25H19BrClN5O2/c26-18-8-9-22(27)20(12-18)24(33)28-10-11-32-23-21(13-30-32)25(34)31(15-29-23)14-17-6-3-5-16-4-1-2-7-19(16)17/h1-9,12-13,15H,10-11,14H2,(H,28,33). The van der Waals surface area contributed by atoms with Crippen LogP contribution in [0.3, 0.4) is 0 Å². The summed E-state index contributed by atoms with van der Waals surface area (Å²) >= 11 is 9.47. The molecule has 0 saturated heterocycles. The molecule has 0 aliphatic rings. The summed E-state index contributed by atoms with van der Waals surface area (Å²) in [7, 11) is 0. The lowest BCUT2D eigenvalue weighted by molar-refractivity contribution is 0.0952. The number of nitrogens with zero attached hydrogens (tertiary/aromatic N) is 4. The van der Waals surface area contributed by atoms with Crippen molar-refractivity contribution in [2.75, 3.05) is 6.54 Å². The van der Waals surface area contributed by atoms with Gasteiger partial charge in [0.15, 0.2) is 5.65 Å². The number of hydrogen-bond donors (Lipinski definition) is 1. The van der Waals surface area contributed by atoms with Crippen molar-refractivity contribution >= 4 is 55.2 Å². The zero-order valence-corrected chi connectivity index (χ0v) is 20.3. The maximum absolute atomic E-state index is 13.1. The fraction of sp³-hybridized carbons (Fsp3) is 0.120. The van der Waals surface area contributed by atoms with Gasteiger partial charge in [0.1, 0.15) is 11.7 Å². The predicted octanol–water partition coefficient (Wildman–Crippen LogP) is 4.64. The number of nitrogens with one attached hydrogen (secondary N) is 1. The second kappa shape index (κ2) is 9.40. The van der Waals surface area contributed by atoms with Gasteiger partial charge in [0.05, 0.1) is 29.9 Å². The zero-order valence-electron chi connectivity index (χ0n) is 17.9. The average Bonchev–Trinajstić information content (AvgIpc) is 3.26. The molecule has 0 unspecified atom stereocenters. The number of aromatic nitrogens is 4. The molecule has 2 heterocycles. The Hall–Kier alpha value is -3.49. The van der Waals surface area contributed by atoms with E-state index in [4.69, 9.17) is 11.6 Å². The van der Waals surface area contributed by atoms with E-state index in [1.54, 1.807) is 33.8 Å². The summed E-state index contributed by atoms with van der Waals surface area (Å²) < 4.78 is 3.97. The van der Waals surface area contributed by atoms with Crippen molar-refractivity contribution in [2.45, 2.75) is 13.1 Å². The monoisotopic (exact) mass is 535 g/mol. The number of rotatable bonds is 6. The van der Waals surface area contributed by atoms with E-state index in [1.807, 2.05) is 24.3 Å². The summed E-state index contributed by atoms with van der Waals surface area (Å²) in [6.45, 7) is 1.08. The number of fused-ring (bicyclic) bond motifs is 2. The maximum atomic E-state index is 13.1. The van der Waals surface area contributed by atoms with Crippen molar-refractivity contribution < 1.29 is 4.79 Å². The minimum absolute atomic E-state index is 0.158. The Morgan fingerprint density at radius 1 is 1.06 bits per heavy atom. The normalized spacial score (nSPS) is 11.2. The highest BCUT2D eigenvalue weighted by Gasteiger charge is 2.13. The first kappa shape index (κ1) is 22.3. The number of benzene rings is 3. The van der Waals surface area contributed by atoms with Crippen molar-refractivity contribution in [2.24, 2.45) is 0 Å². The fourth-order valence-corrected chi connectivity index (χ4v) is 4.49. The number of amides is 1. The molecule has 5 aromatic rings. The van der Waals surface area contributed by atoms with Crippen LogP contribution in [-0.2, 0) is 13.1 Å². The summed E-state index contributed by atoms with van der Waals surface area (Å²) in [5.41, 5.74) is 1.75. The van der Waals surface area contributed by atoms with Gasteiger partial charge in [0, 0.05) is 11.0 Å². The number of carbonyl (C=O) groups excluding carboxylic acids is 1.